The normalized spacial score (nSPS) is 11.8. The summed E-state index contributed by atoms with van der Waals surface area (Å²) in [6.45, 7) is 2.24. The zero-order valence-electron chi connectivity index (χ0n) is 10.8. The van der Waals surface area contributed by atoms with Gasteiger partial charge in [0.1, 0.15) is 0 Å². The lowest BCUT2D eigenvalue weighted by atomic mass is 10.1. The molecule has 4 N–H and O–H groups in total. The number of aromatic nitrogens is 2. The molecule has 0 saturated heterocycles. The average Bonchev–Trinajstić information content (AvgIpc) is 2.97. The van der Waals surface area contributed by atoms with Crippen LogP contribution in [0.5, 0.6) is 0 Å². The number of nitrogens with one attached hydrogen (secondary N) is 1. The molecule has 2 rings (SSSR count). The Balaban J connectivity index is 1.87. The fourth-order valence-corrected chi connectivity index (χ4v) is 2.00. The lowest BCUT2D eigenvalue weighted by Crippen LogP contribution is -2.20. The van der Waals surface area contributed by atoms with Gasteiger partial charge in [-0.3, -0.25) is 4.68 Å². The molecule has 1 heterocycles. The average molecular weight is 294 g/mol. The number of nitrogens with two attached hydrogens (primary N) is 1. The lowest BCUT2D eigenvalue weighted by molar-refractivity contribution is 0.318. The standard InChI is InChI=1S/C13H16ClN5O/c14-12-8-10(13(15)18-20)2-3-11(12)9-16-5-7-19-6-1-4-17-19/h1-4,6,8,16,20H,5,7,9H2,(H2,15,18). The van der Waals surface area contributed by atoms with Gasteiger partial charge >= 0.3 is 0 Å². The molecule has 0 fully saturated rings. The highest BCUT2D eigenvalue weighted by Gasteiger charge is 2.04. The minimum absolute atomic E-state index is 0.0464. The van der Waals surface area contributed by atoms with E-state index in [1.807, 2.05) is 23.0 Å². The molecule has 0 spiro atoms. The van der Waals surface area contributed by atoms with E-state index >= 15 is 0 Å². The number of amidine groups is 1. The van der Waals surface area contributed by atoms with E-state index in [4.69, 9.17) is 22.5 Å². The predicted molar refractivity (Wildman–Crippen MR) is 77.9 cm³/mol. The zero-order valence-corrected chi connectivity index (χ0v) is 11.6. The Hall–Kier alpha value is -2.05. The van der Waals surface area contributed by atoms with Gasteiger partial charge in [0.05, 0.1) is 6.54 Å². The van der Waals surface area contributed by atoms with Gasteiger partial charge in [-0.2, -0.15) is 5.10 Å². The number of oxime groups is 1. The van der Waals surface area contributed by atoms with E-state index in [9.17, 15) is 0 Å². The Kier molecular flexibility index (Phi) is 4.97. The molecule has 0 aliphatic rings. The van der Waals surface area contributed by atoms with Gasteiger partial charge in [0.2, 0.25) is 0 Å². The Morgan fingerprint density at radius 2 is 2.35 bits per heavy atom. The van der Waals surface area contributed by atoms with Crippen molar-refractivity contribution in [2.75, 3.05) is 6.54 Å². The topological polar surface area (TPSA) is 88.5 Å². The summed E-state index contributed by atoms with van der Waals surface area (Å²) >= 11 is 6.16. The van der Waals surface area contributed by atoms with Crippen LogP contribution >= 0.6 is 11.6 Å². The largest absolute Gasteiger partial charge is 0.409 e. The van der Waals surface area contributed by atoms with Crippen molar-refractivity contribution in [3.63, 3.8) is 0 Å². The number of hydrogen-bond acceptors (Lipinski definition) is 4. The first-order valence-electron chi connectivity index (χ1n) is 6.15. The molecule has 6 nitrogen and oxygen atoms in total. The second-order valence-electron chi connectivity index (χ2n) is 4.24. The molecular weight excluding hydrogens is 278 g/mol. The van der Waals surface area contributed by atoms with Crippen molar-refractivity contribution in [3.05, 3.63) is 52.8 Å². The van der Waals surface area contributed by atoms with Crippen LogP contribution in [0.2, 0.25) is 5.02 Å². The second-order valence-corrected chi connectivity index (χ2v) is 4.64. The number of benzene rings is 1. The van der Waals surface area contributed by atoms with E-state index in [-0.39, 0.29) is 5.84 Å². The smallest absolute Gasteiger partial charge is 0.170 e. The molecule has 0 amide bonds. The quantitative estimate of drug-likeness (QED) is 0.247. The molecule has 20 heavy (non-hydrogen) atoms. The van der Waals surface area contributed by atoms with Crippen LogP contribution in [0.15, 0.2) is 41.8 Å². The third-order valence-electron chi connectivity index (χ3n) is 2.85. The van der Waals surface area contributed by atoms with Crippen LogP contribution in [-0.4, -0.2) is 27.4 Å². The van der Waals surface area contributed by atoms with Crippen LogP contribution < -0.4 is 11.1 Å². The minimum Gasteiger partial charge on any atom is -0.409 e. The van der Waals surface area contributed by atoms with E-state index in [0.717, 1.165) is 18.7 Å². The van der Waals surface area contributed by atoms with Crippen molar-refractivity contribution in [2.24, 2.45) is 10.9 Å². The summed E-state index contributed by atoms with van der Waals surface area (Å²) in [7, 11) is 0. The Bertz CT molecular complexity index is 582. The first-order chi connectivity index (χ1) is 9.70. The molecule has 7 heteroatoms. The van der Waals surface area contributed by atoms with Crippen molar-refractivity contribution in [1.29, 1.82) is 0 Å². The van der Waals surface area contributed by atoms with Crippen LogP contribution in [0, 0.1) is 0 Å². The summed E-state index contributed by atoms with van der Waals surface area (Å²) < 4.78 is 1.86. The van der Waals surface area contributed by atoms with Crippen LogP contribution in [0.3, 0.4) is 0 Å². The Labute approximate surface area is 121 Å². The molecule has 0 saturated carbocycles. The highest BCUT2D eigenvalue weighted by molar-refractivity contribution is 6.31. The third-order valence-corrected chi connectivity index (χ3v) is 3.20. The van der Waals surface area contributed by atoms with Gasteiger partial charge in [-0.1, -0.05) is 28.9 Å². The molecule has 0 aliphatic carbocycles. The van der Waals surface area contributed by atoms with E-state index in [0.29, 0.717) is 17.1 Å². The maximum absolute atomic E-state index is 8.61. The highest BCUT2D eigenvalue weighted by Crippen LogP contribution is 2.17. The van der Waals surface area contributed by atoms with E-state index in [2.05, 4.69) is 15.6 Å². The fraction of sp³-hybridized carbons (Fsp3) is 0.231. The van der Waals surface area contributed by atoms with Gasteiger partial charge in [-0.25, -0.2) is 0 Å². The van der Waals surface area contributed by atoms with Crippen LogP contribution in [0.4, 0.5) is 0 Å². The van der Waals surface area contributed by atoms with Gasteiger partial charge in [0.25, 0.3) is 0 Å². The minimum atomic E-state index is 0.0464. The second kappa shape index (κ2) is 6.93. The summed E-state index contributed by atoms with van der Waals surface area (Å²) in [6.07, 6.45) is 3.67. The summed E-state index contributed by atoms with van der Waals surface area (Å²) in [5, 5.41) is 19.5. The molecule has 1 aromatic heterocycles. The molecule has 1 aromatic carbocycles. The number of rotatable bonds is 6. The molecule has 0 aliphatic heterocycles. The predicted octanol–water partition coefficient (Wildman–Crippen LogP) is 1.42. The first-order valence-corrected chi connectivity index (χ1v) is 6.53. The SMILES string of the molecule is N/C(=N/O)c1ccc(CNCCn2cccn2)c(Cl)c1. The Morgan fingerprint density at radius 1 is 1.50 bits per heavy atom. The molecule has 0 bridgehead atoms. The maximum Gasteiger partial charge on any atom is 0.170 e. The summed E-state index contributed by atoms with van der Waals surface area (Å²) in [4.78, 5) is 0. The molecule has 2 aromatic rings. The molecule has 106 valence electrons. The summed E-state index contributed by atoms with van der Waals surface area (Å²) in [5.41, 5.74) is 7.06. The summed E-state index contributed by atoms with van der Waals surface area (Å²) in [6, 6.07) is 7.20. The van der Waals surface area contributed by atoms with Gasteiger partial charge in [0, 0.05) is 36.1 Å². The first kappa shape index (κ1) is 14.4. The summed E-state index contributed by atoms with van der Waals surface area (Å²) in [5.74, 6) is 0.0464. The monoisotopic (exact) mass is 293 g/mol. The lowest BCUT2D eigenvalue weighted by Gasteiger charge is -2.08. The van der Waals surface area contributed by atoms with Crippen molar-refractivity contribution in [3.8, 4) is 0 Å². The van der Waals surface area contributed by atoms with Crippen LogP contribution in [0.1, 0.15) is 11.1 Å². The highest BCUT2D eigenvalue weighted by atomic mass is 35.5. The molecular formula is C13H16ClN5O. The fourth-order valence-electron chi connectivity index (χ4n) is 1.76. The maximum atomic E-state index is 8.61. The van der Waals surface area contributed by atoms with E-state index < -0.39 is 0 Å². The van der Waals surface area contributed by atoms with Crippen LogP contribution in [0.25, 0.3) is 0 Å². The van der Waals surface area contributed by atoms with E-state index in [1.165, 1.54) is 0 Å². The number of hydrogen-bond donors (Lipinski definition) is 3. The van der Waals surface area contributed by atoms with E-state index in [1.54, 1.807) is 18.3 Å². The molecule has 0 radical (unpaired) electrons. The Morgan fingerprint density at radius 3 is 3.00 bits per heavy atom. The zero-order chi connectivity index (χ0) is 14.4. The molecule has 0 atom stereocenters. The van der Waals surface area contributed by atoms with Gasteiger partial charge in [0.15, 0.2) is 5.84 Å². The number of halogens is 1. The van der Waals surface area contributed by atoms with Gasteiger partial charge in [-0.05, 0) is 17.7 Å². The van der Waals surface area contributed by atoms with Gasteiger partial charge < -0.3 is 16.3 Å². The molecule has 0 unspecified atom stereocenters. The third kappa shape index (κ3) is 3.72. The van der Waals surface area contributed by atoms with Crippen molar-refractivity contribution in [1.82, 2.24) is 15.1 Å². The number of nitrogens with zero attached hydrogens (tertiary/aromatic N) is 3. The van der Waals surface area contributed by atoms with Crippen molar-refractivity contribution < 1.29 is 5.21 Å². The van der Waals surface area contributed by atoms with Crippen molar-refractivity contribution in [2.45, 2.75) is 13.1 Å². The van der Waals surface area contributed by atoms with Crippen molar-refractivity contribution >= 4 is 17.4 Å². The van der Waals surface area contributed by atoms with Crippen LogP contribution in [-0.2, 0) is 13.1 Å². The van der Waals surface area contributed by atoms with Gasteiger partial charge in [-0.15, -0.1) is 0 Å².